The lowest BCUT2D eigenvalue weighted by Crippen LogP contribution is -2.51. The standard InChI is InChI=1S/C24H39NO2/c1-14(2)25-21-13-20-18-7-6-16-12-17(26)8-10-23(16,4)19(18)9-11-24(20,5)22(21)15(3)27-25/h6,14-15,17-22,26H,7-13H2,1-5H3/t15-,17+,18-,19+,20?,21-,22-,23+,24+/m1/s1. The van der Waals surface area contributed by atoms with Gasteiger partial charge < -0.3 is 5.11 Å². The van der Waals surface area contributed by atoms with Gasteiger partial charge in [-0.05, 0) is 94.3 Å². The van der Waals surface area contributed by atoms with Crippen molar-refractivity contribution >= 4 is 0 Å². The predicted octanol–water partition coefficient (Wildman–Crippen LogP) is 4.95. The quantitative estimate of drug-likeness (QED) is 0.660. The summed E-state index contributed by atoms with van der Waals surface area (Å²) in [4.78, 5) is 6.35. The molecule has 9 atom stereocenters. The lowest BCUT2D eigenvalue weighted by atomic mass is 9.47. The highest BCUT2D eigenvalue weighted by atomic mass is 16.7. The summed E-state index contributed by atoms with van der Waals surface area (Å²) in [5, 5.41) is 12.6. The number of allylic oxidation sites excluding steroid dienone is 1. The van der Waals surface area contributed by atoms with E-state index in [0.717, 1.165) is 30.6 Å². The van der Waals surface area contributed by atoms with Crippen LogP contribution in [-0.4, -0.2) is 34.5 Å². The minimum Gasteiger partial charge on any atom is -0.393 e. The number of aliphatic hydroxyl groups is 1. The molecule has 4 aliphatic carbocycles. The van der Waals surface area contributed by atoms with Crippen molar-refractivity contribution in [2.75, 3.05) is 0 Å². The monoisotopic (exact) mass is 373 g/mol. The molecule has 4 fully saturated rings. The molecule has 1 aliphatic heterocycles. The van der Waals surface area contributed by atoms with E-state index in [9.17, 15) is 5.11 Å². The van der Waals surface area contributed by atoms with E-state index in [1.165, 1.54) is 32.1 Å². The van der Waals surface area contributed by atoms with Crippen molar-refractivity contribution in [3.05, 3.63) is 11.6 Å². The Balaban J connectivity index is 1.48. The molecule has 1 heterocycles. The number of nitrogens with zero attached hydrogens (tertiary/aromatic N) is 1. The molecule has 0 aromatic heterocycles. The average Bonchev–Trinajstić information content (AvgIpc) is 3.11. The maximum absolute atomic E-state index is 10.2. The summed E-state index contributed by atoms with van der Waals surface area (Å²) >= 11 is 0. The van der Waals surface area contributed by atoms with Crippen LogP contribution in [0.25, 0.3) is 0 Å². The van der Waals surface area contributed by atoms with Crippen molar-refractivity contribution in [1.82, 2.24) is 5.06 Å². The van der Waals surface area contributed by atoms with Gasteiger partial charge in [0.15, 0.2) is 0 Å². The van der Waals surface area contributed by atoms with Gasteiger partial charge >= 0.3 is 0 Å². The maximum Gasteiger partial charge on any atom is 0.0814 e. The van der Waals surface area contributed by atoms with Crippen LogP contribution in [0.1, 0.15) is 79.6 Å². The second kappa shape index (κ2) is 6.06. The summed E-state index contributed by atoms with van der Waals surface area (Å²) in [5.74, 6) is 3.18. The first kappa shape index (κ1) is 18.6. The minimum absolute atomic E-state index is 0.0989. The van der Waals surface area contributed by atoms with Gasteiger partial charge in [-0.1, -0.05) is 25.5 Å². The zero-order valence-corrected chi connectivity index (χ0v) is 17.9. The van der Waals surface area contributed by atoms with Crippen LogP contribution in [0.15, 0.2) is 11.6 Å². The van der Waals surface area contributed by atoms with E-state index in [2.05, 4.69) is 45.8 Å². The molecule has 0 bridgehead atoms. The largest absolute Gasteiger partial charge is 0.393 e. The van der Waals surface area contributed by atoms with Gasteiger partial charge in [0, 0.05) is 18.0 Å². The Hall–Kier alpha value is -0.380. The number of hydroxylamine groups is 2. The first-order chi connectivity index (χ1) is 12.8. The molecule has 27 heavy (non-hydrogen) atoms. The summed E-state index contributed by atoms with van der Waals surface area (Å²) in [5.41, 5.74) is 2.37. The average molecular weight is 374 g/mol. The van der Waals surface area contributed by atoms with Crippen molar-refractivity contribution < 1.29 is 9.94 Å². The van der Waals surface area contributed by atoms with Gasteiger partial charge in [0.2, 0.25) is 0 Å². The van der Waals surface area contributed by atoms with Crippen LogP contribution in [0.2, 0.25) is 0 Å². The van der Waals surface area contributed by atoms with Gasteiger partial charge in [-0.25, -0.2) is 0 Å². The van der Waals surface area contributed by atoms with Gasteiger partial charge in [0.25, 0.3) is 0 Å². The Morgan fingerprint density at radius 2 is 1.96 bits per heavy atom. The SMILES string of the molecule is CC(C)N1O[C@H](C)[C@@H]2[C@H]1CC1[C@@H]3CC=C4C[C@@H](O)CC[C@]4(C)[C@H]3CC[C@@]12C. The molecule has 3 saturated carbocycles. The summed E-state index contributed by atoms with van der Waals surface area (Å²) < 4.78 is 0. The molecule has 1 N–H and O–H groups in total. The van der Waals surface area contributed by atoms with Crippen LogP contribution in [-0.2, 0) is 4.84 Å². The molecule has 0 amide bonds. The van der Waals surface area contributed by atoms with Crippen LogP contribution in [0, 0.1) is 34.5 Å². The van der Waals surface area contributed by atoms with Crippen molar-refractivity contribution in [3.8, 4) is 0 Å². The number of fused-ring (bicyclic) bond motifs is 7. The molecule has 152 valence electrons. The molecule has 5 rings (SSSR count). The van der Waals surface area contributed by atoms with E-state index in [4.69, 9.17) is 4.84 Å². The fraction of sp³-hybridized carbons (Fsp3) is 0.917. The molecule has 0 aromatic carbocycles. The second-order valence-corrected chi connectivity index (χ2v) is 11.3. The van der Waals surface area contributed by atoms with Gasteiger partial charge in [0.1, 0.15) is 0 Å². The zero-order valence-electron chi connectivity index (χ0n) is 17.9. The molecule has 0 aromatic rings. The summed E-state index contributed by atoms with van der Waals surface area (Å²) in [6, 6.07) is 1.08. The fourth-order valence-corrected chi connectivity index (χ4v) is 8.65. The Bertz CT molecular complexity index is 644. The third kappa shape index (κ3) is 2.43. The van der Waals surface area contributed by atoms with Crippen molar-refractivity contribution in [2.45, 2.75) is 104 Å². The molecule has 3 heteroatoms. The van der Waals surface area contributed by atoms with Gasteiger partial charge in [-0.15, -0.1) is 0 Å². The highest BCUT2D eigenvalue weighted by Crippen LogP contribution is 2.68. The first-order valence-corrected chi connectivity index (χ1v) is 11.6. The third-order valence-corrected chi connectivity index (χ3v) is 9.82. The van der Waals surface area contributed by atoms with Crippen LogP contribution in [0.3, 0.4) is 0 Å². The molecule has 5 aliphatic rings. The Morgan fingerprint density at radius 3 is 2.70 bits per heavy atom. The molecule has 1 saturated heterocycles. The van der Waals surface area contributed by atoms with Crippen molar-refractivity contribution in [2.24, 2.45) is 34.5 Å². The lowest BCUT2D eigenvalue weighted by molar-refractivity contribution is -0.188. The van der Waals surface area contributed by atoms with Crippen molar-refractivity contribution in [3.63, 3.8) is 0 Å². The van der Waals surface area contributed by atoms with Crippen LogP contribution >= 0.6 is 0 Å². The first-order valence-electron chi connectivity index (χ1n) is 11.6. The summed E-state index contributed by atoms with van der Waals surface area (Å²) in [6.07, 6.45) is 11.3. The van der Waals surface area contributed by atoms with E-state index >= 15 is 0 Å². The van der Waals surface area contributed by atoms with Gasteiger partial charge in [0.05, 0.1) is 12.2 Å². The smallest absolute Gasteiger partial charge is 0.0814 e. The van der Waals surface area contributed by atoms with Crippen LogP contribution in [0.4, 0.5) is 0 Å². The molecule has 1 unspecified atom stereocenters. The molecule has 0 radical (unpaired) electrons. The molecular formula is C24H39NO2. The van der Waals surface area contributed by atoms with E-state index in [0.29, 0.717) is 34.9 Å². The summed E-state index contributed by atoms with van der Waals surface area (Å²) in [7, 11) is 0. The van der Waals surface area contributed by atoms with E-state index in [-0.39, 0.29) is 6.10 Å². The fourth-order valence-electron chi connectivity index (χ4n) is 8.65. The molecule has 3 nitrogen and oxygen atoms in total. The maximum atomic E-state index is 10.2. The highest BCUT2D eigenvalue weighted by molar-refractivity contribution is 5.26. The topological polar surface area (TPSA) is 32.7 Å². The number of aliphatic hydroxyl groups excluding tert-OH is 1. The van der Waals surface area contributed by atoms with E-state index in [1.807, 2.05) is 0 Å². The Kier molecular flexibility index (Phi) is 4.18. The van der Waals surface area contributed by atoms with E-state index < -0.39 is 0 Å². The normalized spacial score (nSPS) is 54.9. The minimum atomic E-state index is -0.0989. The van der Waals surface area contributed by atoms with Crippen LogP contribution in [0.5, 0.6) is 0 Å². The highest BCUT2D eigenvalue weighted by Gasteiger charge is 2.65. The van der Waals surface area contributed by atoms with Crippen LogP contribution < -0.4 is 0 Å². The molecular weight excluding hydrogens is 334 g/mol. The lowest BCUT2D eigenvalue weighted by Gasteiger charge is -2.58. The Labute approximate surface area is 165 Å². The number of rotatable bonds is 1. The van der Waals surface area contributed by atoms with Gasteiger partial charge in [-0.2, -0.15) is 5.06 Å². The zero-order chi connectivity index (χ0) is 19.1. The molecule has 0 spiro atoms. The number of hydrogen-bond acceptors (Lipinski definition) is 3. The summed E-state index contributed by atoms with van der Waals surface area (Å²) in [6.45, 7) is 12.0. The van der Waals surface area contributed by atoms with Gasteiger partial charge in [-0.3, -0.25) is 4.84 Å². The second-order valence-electron chi connectivity index (χ2n) is 11.3. The van der Waals surface area contributed by atoms with Crippen molar-refractivity contribution in [1.29, 1.82) is 0 Å². The Morgan fingerprint density at radius 1 is 1.19 bits per heavy atom. The third-order valence-electron chi connectivity index (χ3n) is 9.82. The van der Waals surface area contributed by atoms with E-state index in [1.54, 1.807) is 5.57 Å². The number of hydrogen-bond donors (Lipinski definition) is 1. The predicted molar refractivity (Wildman–Crippen MR) is 108 cm³/mol.